The van der Waals surface area contributed by atoms with Gasteiger partial charge in [0.2, 0.25) is 0 Å². The number of allylic oxidation sites excluding steroid dienone is 8. The molecule has 22 heavy (non-hydrogen) atoms. The molecule has 0 aliphatic heterocycles. The number of hydrogen-bond acceptors (Lipinski definition) is 2. The summed E-state index contributed by atoms with van der Waals surface area (Å²) in [6.07, 6.45) is 14.4. The van der Waals surface area contributed by atoms with Gasteiger partial charge in [0.1, 0.15) is 0 Å². The largest absolute Gasteiger partial charge is 0.295 e. The first-order valence-electron chi connectivity index (χ1n) is 8.38. The summed E-state index contributed by atoms with van der Waals surface area (Å²) in [5.74, 6) is 1.53. The van der Waals surface area contributed by atoms with E-state index in [9.17, 15) is 4.79 Å². The van der Waals surface area contributed by atoms with Crippen molar-refractivity contribution in [3.8, 4) is 6.07 Å². The van der Waals surface area contributed by atoms with Gasteiger partial charge in [-0.25, -0.2) is 0 Å². The van der Waals surface area contributed by atoms with Crippen LogP contribution in [0.1, 0.15) is 45.4 Å². The fourth-order valence-electron chi connectivity index (χ4n) is 5.18. The summed E-state index contributed by atoms with van der Waals surface area (Å²) in [6, 6.07) is 2.24. The zero-order chi connectivity index (χ0) is 15.3. The number of carbonyl (C=O) groups excluding carboxylic acids is 1. The lowest BCUT2D eigenvalue weighted by Crippen LogP contribution is -2.34. The molecule has 0 aromatic rings. The fourth-order valence-corrected chi connectivity index (χ4v) is 5.18. The second kappa shape index (κ2) is 4.81. The van der Waals surface area contributed by atoms with E-state index in [-0.39, 0.29) is 5.41 Å². The summed E-state index contributed by atoms with van der Waals surface area (Å²) in [6.45, 7) is 2.31. The number of nitriles is 1. The fraction of sp³-hybridized carbons (Fsp3) is 0.500. The highest BCUT2D eigenvalue weighted by molar-refractivity contribution is 5.93. The van der Waals surface area contributed by atoms with Crippen LogP contribution in [-0.4, -0.2) is 5.78 Å². The molecule has 0 saturated heterocycles. The second-order valence-corrected chi connectivity index (χ2v) is 7.27. The molecule has 3 atom stereocenters. The molecule has 0 bridgehead atoms. The van der Waals surface area contributed by atoms with Crippen LogP contribution in [0.2, 0.25) is 0 Å². The average Bonchev–Trinajstić information content (AvgIpc) is 2.84. The molecule has 2 nitrogen and oxygen atoms in total. The van der Waals surface area contributed by atoms with E-state index in [1.54, 1.807) is 6.08 Å². The molecule has 0 aromatic heterocycles. The van der Waals surface area contributed by atoms with Crippen LogP contribution in [-0.2, 0) is 4.79 Å². The highest BCUT2D eigenvalue weighted by Gasteiger charge is 2.48. The molecule has 4 aliphatic rings. The van der Waals surface area contributed by atoms with E-state index >= 15 is 0 Å². The third kappa shape index (κ3) is 1.81. The number of nitrogens with zero attached hydrogens (tertiary/aromatic N) is 1. The Balaban J connectivity index is 1.81. The molecular formula is C20H21NO. The first-order chi connectivity index (χ1) is 10.6. The Bertz CT molecular complexity index is 712. The van der Waals surface area contributed by atoms with Gasteiger partial charge in [0, 0.05) is 17.9 Å². The molecule has 0 radical (unpaired) electrons. The van der Waals surface area contributed by atoms with Crippen LogP contribution in [0.4, 0.5) is 0 Å². The Kier molecular flexibility index (Phi) is 3.01. The lowest BCUT2D eigenvalue weighted by Gasteiger charge is -2.44. The van der Waals surface area contributed by atoms with Gasteiger partial charge in [-0.3, -0.25) is 4.79 Å². The van der Waals surface area contributed by atoms with E-state index in [0.29, 0.717) is 24.0 Å². The van der Waals surface area contributed by atoms with Crippen molar-refractivity contribution in [2.45, 2.75) is 45.4 Å². The summed E-state index contributed by atoms with van der Waals surface area (Å²) >= 11 is 0. The smallest absolute Gasteiger partial charge is 0.156 e. The summed E-state index contributed by atoms with van der Waals surface area (Å²) < 4.78 is 0. The molecule has 0 aromatic carbocycles. The normalized spacial score (nSPS) is 38.3. The van der Waals surface area contributed by atoms with E-state index in [2.05, 4.69) is 25.1 Å². The van der Waals surface area contributed by atoms with Crippen LogP contribution in [0.5, 0.6) is 0 Å². The number of ketones is 1. The molecule has 0 N–H and O–H groups in total. The van der Waals surface area contributed by atoms with Crippen LogP contribution >= 0.6 is 0 Å². The third-order valence-electron chi connectivity index (χ3n) is 6.34. The van der Waals surface area contributed by atoms with Gasteiger partial charge in [-0.15, -0.1) is 0 Å². The van der Waals surface area contributed by atoms with Gasteiger partial charge in [0.15, 0.2) is 5.78 Å². The van der Waals surface area contributed by atoms with Crippen LogP contribution in [0.15, 0.2) is 46.6 Å². The van der Waals surface area contributed by atoms with Crippen LogP contribution in [0, 0.1) is 28.6 Å². The van der Waals surface area contributed by atoms with Gasteiger partial charge in [-0.2, -0.15) is 5.26 Å². The van der Waals surface area contributed by atoms with Gasteiger partial charge in [0.25, 0.3) is 0 Å². The van der Waals surface area contributed by atoms with Crippen molar-refractivity contribution in [2.75, 3.05) is 0 Å². The molecule has 0 unspecified atom stereocenters. The van der Waals surface area contributed by atoms with Gasteiger partial charge in [-0.05, 0) is 72.3 Å². The average molecular weight is 291 g/mol. The van der Waals surface area contributed by atoms with Crippen LogP contribution in [0.25, 0.3) is 0 Å². The van der Waals surface area contributed by atoms with Crippen molar-refractivity contribution in [3.63, 3.8) is 0 Å². The SMILES string of the molecule is C[C@]12C=CC3=C4CCC(=O)C=C4CC[C@H]3[C@@H]1CCC2=CC#N. The van der Waals surface area contributed by atoms with Crippen molar-refractivity contribution in [3.05, 3.63) is 46.6 Å². The summed E-state index contributed by atoms with van der Waals surface area (Å²) in [5.41, 5.74) is 5.61. The number of fused-ring (bicyclic) bond motifs is 4. The lowest BCUT2D eigenvalue weighted by atomic mass is 9.60. The minimum atomic E-state index is 0.0656. The molecule has 0 amide bonds. The van der Waals surface area contributed by atoms with Crippen molar-refractivity contribution in [1.82, 2.24) is 0 Å². The molecule has 112 valence electrons. The maximum atomic E-state index is 11.7. The number of rotatable bonds is 0. The summed E-state index contributed by atoms with van der Waals surface area (Å²) in [4.78, 5) is 11.7. The first-order valence-corrected chi connectivity index (χ1v) is 8.38. The quantitative estimate of drug-likeness (QED) is 0.620. The number of hydrogen-bond donors (Lipinski definition) is 0. The lowest BCUT2D eigenvalue weighted by molar-refractivity contribution is -0.114. The molecule has 2 heteroatoms. The van der Waals surface area contributed by atoms with Gasteiger partial charge < -0.3 is 0 Å². The minimum absolute atomic E-state index is 0.0656. The maximum absolute atomic E-state index is 11.7. The van der Waals surface area contributed by atoms with Crippen molar-refractivity contribution in [1.29, 1.82) is 5.26 Å². The molecule has 0 heterocycles. The van der Waals surface area contributed by atoms with Gasteiger partial charge in [0.05, 0.1) is 6.07 Å². The zero-order valence-electron chi connectivity index (χ0n) is 13.1. The van der Waals surface area contributed by atoms with Crippen molar-refractivity contribution in [2.24, 2.45) is 17.3 Å². The Hall–Kier alpha value is -1.88. The Labute approximate surface area is 131 Å². The van der Waals surface area contributed by atoms with E-state index in [1.165, 1.54) is 28.7 Å². The van der Waals surface area contributed by atoms with E-state index in [0.717, 1.165) is 25.7 Å². The molecule has 1 fully saturated rings. The first kappa shape index (κ1) is 13.8. The topological polar surface area (TPSA) is 40.9 Å². The Morgan fingerprint density at radius 1 is 1.27 bits per heavy atom. The van der Waals surface area contributed by atoms with Gasteiger partial charge in [-0.1, -0.05) is 19.1 Å². The molecule has 4 rings (SSSR count). The maximum Gasteiger partial charge on any atom is 0.156 e. The molecule has 0 spiro atoms. The standard InChI is InChI=1S/C20H21NO/c1-20-10-8-17-16-6-4-15(22)12-13(16)2-5-18(17)19(20)7-3-14(20)9-11-21/h8-10,12,18-19H,2-7H2,1H3/t18-,19+,20-/m1/s1. The zero-order valence-corrected chi connectivity index (χ0v) is 13.1. The third-order valence-corrected chi connectivity index (χ3v) is 6.34. The van der Waals surface area contributed by atoms with Crippen LogP contribution in [0.3, 0.4) is 0 Å². The highest BCUT2D eigenvalue weighted by Crippen LogP contribution is 2.59. The number of carbonyl (C=O) groups is 1. The van der Waals surface area contributed by atoms with Crippen molar-refractivity contribution < 1.29 is 4.79 Å². The second-order valence-electron chi connectivity index (χ2n) is 7.27. The Morgan fingerprint density at radius 2 is 2.14 bits per heavy atom. The predicted molar refractivity (Wildman–Crippen MR) is 85.7 cm³/mol. The van der Waals surface area contributed by atoms with E-state index < -0.39 is 0 Å². The molecule has 1 saturated carbocycles. The molecular weight excluding hydrogens is 270 g/mol. The summed E-state index contributed by atoms with van der Waals surface area (Å²) in [7, 11) is 0. The Morgan fingerprint density at radius 3 is 2.95 bits per heavy atom. The van der Waals surface area contributed by atoms with Crippen LogP contribution < -0.4 is 0 Å². The minimum Gasteiger partial charge on any atom is -0.295 e. The predicted octanol–water partition coefficient (Wildman–Crippen LogP) is 4.42. The van der Waals surface area contributed by atoms with E-state index in [4.69, 9.17) is 5.26 Å². The van der Waals surface area contributed by atoms with E-state index in [1.807, 2.05) is 6.08 Å². The van der Waals surface area contributed by atoms with Crippen molar-refractivity contribution >= 4 is 5.78 Å². The summed E-state index contributed by atoms with van der Waals surface area (Å²) in [5, 5.41) is 9.04. The van der Waals surface area contributed by atoms with Gasteiger partial charge >= 0.3 is 0 Å². The highest BCUT2D eigenvalue weighted by atomic mass is 16.1. The molecule has 4 aliphatic carbocycles. The monoisotopic (exact) mass is 291 g/mol.